The lowest BCUT2D eigenvalue weighted by Crippen LogP contribution is -2.30. The minimum Gasteiger partial charge on any atom is -0.327 e. The quantitative estimate of drug-likeness (QED) is 0.350. The van der Waals surface area contributed by atoms with Crippen LogP contribution in [0.25, 0.3) is 23.0 Å². The summed E-state index contributed by atoms with van der Waals surface area (Å²) < 4.78 is 1.80. The molecule has 1 aliphatic heterocycles. The monoisotopic (exact) mass is 451 g/mol. The molecule has 2 aromatic heterocycles. The van der Waals surface area contributed by atoms with Crippen LogP contribution < -0.4 is 10.2 Å². The minimum atomic E-state index is -0.196. The zero-order valence-electron chi connectivity index (χ0n) is 18.0. The highest BCUT2D eigenvalue weighted by molar-refractivity contribution is 7.80. The van der Waals surface area contributed by atoms with Crippen molar-refractivity contribution in [3.8, 4) is 16.9 Å². The van der Waals surface area contributed by atoms with E-state index in [2.05, 4.69) is 17.2 Å². The zero-order chi connectivity index (χ0) is 22.8. The Bertz CT molecular complexity index is 1360. The number of thiocarbonyl (C=S) groups is 1. The summed E-state index contributed by atoms with van der Waals surface area (Å²) in [6.45, 7) is 2.08. The van der Waals surface area contributed by atoms with E-state index >= 15 is 0 Å². The Morgan fingerprint density at radius 3 is 2.61 bits per heavy atom. The van der Waals surface area contributed by atoms with Gasteiger partial charge in [-0.3, -0.25) is 14.7 Å². The van der Waals surface area contributed by atoms with Crippen molar-refractivity contribution in [2.24, 2.45) is 0 Å². The van der Waals surface area contributed by atoms with E-state index in [4.69, 9.17) is 17.3 Å². The van der Waals surface area contributed by atoms with Gasteiger partial charge in [-0.25, -0.2) is 4.68 Å². The molecule has 0 bridgehead atoms. The molecule has 1 fully saturated rings. The SMILES string of the molecule is CCc1cccc(N2C(=O)/C(=C\c3cn(-c4ccccc4)nc3-c3cccnc3)NC2=S)c1. The first-order chi connectivity index (χ1) is 16.1. The van der Waals surface area contributed by atoms with E-state index in [1.165, 1.54) is 4.90 Å². The average molecular weight is 452 g/mol. The van der Waals surface area contributed by atoms with Crippen LogP contribution in [0.15, 0.2) is 91.0 Å². The molecular formula is C26H21N5OS. The van der Waals surface area contributed by atoms with Crippen LogP contribution in [-0.4, -0.2) is 25.8 Å². The predicted octanol–water partition coefficient (Wildman–Crippen LogP) is 4.76. The van der Waals surface area contributed by atoms with Gasteiger partial charge >= 0.3 is 0 Å². The predicted molar refractivity (Wildman–Crippen MR) is 134 cm³/mol. The second-order valence-electron chi connectivity index (χ2n) is 7.61. The maximum atomic E-state index is 13.3. The molecule has 4 aromatic rings. The van der Waals surface area contributed by atoms with Crippen molar-refractivity contribution in [2.45, 2.75) is 13.3 Å². The molecule has 0 radical (unpaired) electrons. The van der Waals surface area contributed by atoms with E-state index in [1.54, 1.807) is 23.2 Å². The first-order valence-electron chi connectivity index (χ1n) is 10.7. The molecule has 1 amide bonds. The summed E-state index contributed by atoms with van der Waals surface area (Å²) in [5.41, 5.74) is 5.60. The Labute approximate surface area is 197 Å². The third-order valence-electron chi connectivity index (χ3n) is 5.45. The summed E-state index contributed by atoms with van der Waals surface area (Å²) in [7, 11) is 0. The molecule has 6 nitrogen and oxygen atoms in total. The van der Waals surface area contributed by atoms with E-state index in [1.807, 2.05) is 72.9 Å². The van der Waals surface area contributed by atoms with Gasteiger partial charge in [-0.2, -0.15) is 5.10 Å². The Kier molecular flexibility index (Phi) is 5.54. The summed E-state index contributed by atoms with van der Waals surface area (Å²) in [5, 5.41) is 8.22. The number of aromatic nitrogens is 3. The van der Waals surface area contributed by atoms with Gasteiger partial charge in [0.2, 0.25) is 0 Å². The molecule has 33 heavy (non-hydrogen) atoms. The summed E-state index contributed by atoms with van der Waals surface area (Å²) >= 11 is 5.50. The molecule has 0 aliphatic carbocycles. The fourth-order valence-corrected chi connectivity index (χ4v) is 4.07. The number of aryl methyl sites for hydroxylation is 1. The zero-order valence-corrected chi connectivity index (χ0v) is 18.8. The summed E-state index contributed by atoms with van der Waals surface area (Å²) in [6, 6.07) is 21.5. The number of hydrogen-bond acceptors (Lipinski definition) is 4. The maximum Gasteiger partial charge on any atom is 0.281 e. The van der Waals surface area contributed by atoms with Gasteiger partial charge in [-0.15, -0.1) is 0 Å². The second kappa shape index (κ2) is 8.80. The molecule has 5 rings (SSSR count). The molecule has 0 unspecified atom stereocenters. The largest absolute Gasteiger partial charge is 0.327 e. The summed E-state index contributed by atoms with van der Waals surface area (Å²) in [4.78, 5) is 19.1. The molecule has 3 heterocycles. The number of hydrogen-bond donors (Lipinski definition) is 1. The van der Waals surface area contributed by atoms with Gasteiger partial charge in [-0.05, 0) is 66.7 Å². The molecule has 2 aromatic carbocycles. The molecule has 0 saturated carbocycles. The first-order valence-corrected chi connectivity index (χ1v) is 11.1. The van der Waals surface area contributed by atoms with Crippen LogP contribution in [0.4, 0.5) is 5.69 Å². The number of amides is 1. The molecule has 0 atom stereocenters. The van der Waals surface area contributed by atoms with Crippen molar-refractivity contribution < 1.29 is 4.79 Å². The number of nitrogens with zero attached hydrogens (tertiary/aromatic N) is 4. The second-order valence-corrected chi connectivity index (χ2v) is 7.99. The van der Waals surface area contributed by atoms with E-state index in [9.17, 15) is 4.79 Å². The Balaban J connectivity index is 1.56. The molecule has 7 heteroatoms. The smallest absolute Gasteiger partial charge is 0.281 e. The summed E-state index contributed by atoms with van der Waals surface area (Å²) in [5.74, 6) is -0.196. The van der Waals surface area contributed by atoms with Crippen LogP contribution in [0.1, 0.15) is 18.1 Å². The van der Waals surface area contributed by atoms with Crippen LogP contribution in [0.3, 0.4) is 0 Å². The molecular weight excluding hydrogens is 430 g/mol. The molecule has 0 spiro atoms. The first kappa shape index (κ1) is 20.8. The topological polar surface area (TPSA) is 63.1 Å². The van der Waals surface area contributed by atoms with Crippen LogP contribution in [0.5, 0.6) is 0 Å². The highest BCUT2D eigenvalue weighted by Crippen LogP contribution is 2.28. The maximum absolute atomic E-state index is 13.3. The fourth-order valence-electron chi connectivity index (χ4n) is 3.77. The van der Waals surface area contributed by atoms with Gasteiger partial charge in [0.05, 0.1) is 11.4 Å². The van der Waals surface area contributed by atoms with Gasteiger partial charge in [0, 0.05) is 29.7 Å². The van der Waals surface area contributed by atoms with Crippen LogP contribution >= 0.6 is 12.2 Å². The third kappa shape index (κ3) is 4.06. The fraction of sp³-hybridized carbons (Fsp3) is 0.0769. The molecule has 1 saturated heterocycles. The Morgan fingerprint density at radius 1 is 1.03 bits per heavy atom. The van der Waals surface area contributed by atoms with E-state index in [0.29, 0.717) is 10.8 Å². The number of rotatable bonds is 5. The standard InChI is InChI=1S/C26H21N5OS/c1-2-18-8-6-12-22(14-18)31-25(32)23(28-26(31)33)15-20-17-30(21-10-4-3-5-11-21)29-24(20)19-9-7-13-27-16-19/h3-17H,2H2,1H3,(H,28,33)/b23-15+. The Morgan fingerprint density at radius 2 is 1.85 bits per heavy atom. The normalized spacial score (nSPS) is 14.7. The number of pyridine rings is 1. The van der Waals surface area contributed by atoms with E-state index in [-0.39, 0.29) is 5.91 Å². The van der Waals surface area contributed by atoms with E-state index in [0.717, 1.165) is 40.2 Å². The number of carbonyl (C=O) groups is 1. The average Bonchev–Trinajstić information content (AvgIpc) is 3.40. The molecule has 1 aliphatic rings. The van der Waals surface area contributed by atoms with Crippen molar-refractivity contribution in [1.82, 2.24) is 20.1 Å². The van der Waals surface area contributed by atoms with Crippen LogP contribution in [-0.2, 0) is 11.2 Å². The highest BCUT2D eigenvalue weighted by atomic mass is 32.1. The summed E-state index contributed by atoms with van der Waals surface area (Å²) in [6.07, 6.45) is 8.07. The third-order valence-corrected chi connectivity index (χ3v) is 5.74. The highest BCUT2D eigenvalue weighted by Gasteiger charge is 2.32. The van der Waals surface area contributed by atoms with Crippen molar-refractivity contribution in [3.63, 3.8) is 0 Å². The van der Waals surface area contributed by atoms with E-state index < -0.39 is 0 Å². The van der Waals surface area contributed by atoms with Gasteiger partial charge in [-0.1, -0.05) is 37.3 Å². The lowest BCUT2D eigenvalue weighted by atomic mass is 10.1. The molecule has 1 N–H and O–H groups in total. The number of carbonyl (C=O) groups excluding carboxylic acids is 1. The number of nitrogens with one attached hydrogen (secondary N) is 1. The van der Waals surface area contributed by atoms with Gasteiger partial charge in [0.1, 0.15) is 11.4 Å². The lowest BCUT2D eigenvalue weighted by molar-refractivity contribution is -0.113. The minimum absolute atomic E-state index is 0.196. The van der Waals surface area contributed by atoms with Crippen molar-refractivity contribution in [1.29, 1.82) is 0 Å². The van der Waals surface area contributed by atoms with Gasteiger partial charge in [0.25, 0.3) is 5.91 Å². The van der Waals surface area contributed by atoms with Gasteiger partial charge in [0.15, 0.2) is 5.11 Å². The number of benzene rings is 2. The van der Waals surface area contributed by atoms with Crippen molar-refractivity contribution in [2.75, 3.05) is 4.90 Å². The van der Waals surface area contributed by atoms with Crippen molar-refractivity contribution >= 4 is 35.0 Å². The van der Waals surface area contributed by atoms with Crippen molar-refractivity contribution in [3.05, 3.63) is 102 Å². The lowest BCUT2D eigenvalue weighted by Gasteiger charge is -2.14. The molecule has 162 valence electrons. The van der Waals surface area contributed by atoms with Gasteiger partial charge < -0.3 is 5.32 Å². The Hall–Kier alpha value is -4.10. The van der Waals surface area contributed by atoms with Crippen LogP contribution in [0.2, 0.25) is 0 Å². The number of anilines is 1. The number of para-hydroxylation sites is 1. The van der Waals surface area contributed by atoms with Crippen LogP contribution in [0, 0.1) is 0 Å².